The molecular weight excluding hydrogens is 398 g/mol. The van der Waals surface area contributed by atoms with Gasteiger partial charge >= 0.3 is 12.0 Å². The normalized spacial score (nSPS) is 15.0. The third kappa shape index (κ3) is 6.26. The van der Waals surface area contributed by atoms with Crippen molar-refractivity contribution >= 4 is 27.9 Å². The molecule has 1 aromatic carbocycles. The van der Waals surface area contributed by atoms with E-state index in [-0.39, 0.29) is 16.5 Å². The number of ether oxygens (including phenoxy) is 1. The lowest BCUT2D eigenvalue weighted by molar-refractivity contribution is -0.123. The van der Waals surface area contributed by atoms with Crippen LogP contribution in [0, 0.1) is 6.92 Å². The van der Waals surface area contributed by atoms with Crippen molar-refractivity contribution in [2.45, 2.75) is 51.0 Å². The number of nitrogens with one attached hydrogen (secondary N) is 2. The van der Waals surface area contributed by atoms with E-state index in [2.05, 4.69) is 5.32 Å². The molecule has 0 saturated carbocycles. The monoisotopic (exact) mass is 425 g/mol. The Hall–Kier alpha value is -2.46. The topological polar surface area (TPSA) is 122 Å². The first-order valence-electron chi connectivity index (χ1n) is 9.49. The number of carbonyl (C=O) groups is 3. The molecule has 10 heteroatoms. The van der Waals surface area contributed by atoms with Crippen molar-refractivity contribution in [2.75, 3.05) is 19.7 Å². The summed E-state index contributed by atoms with van der Waals surface area (Å²) in [6, 6.07) is 3.41. The number of carbonyl (C=O) groups excluding carboxylic acids is 3. The Morgan fingerprint density at radius 1 is 1.14 bits per heavy atom. The lowest BCUT2D eigenvalue weighted by Gasteiger charge is -2.26. The van der Waals surface area contributed by atoms with Gasteiger partial charge in [-0.1, -0.05) is 12.5 Å². The van der Waals surface area contributed by atoms with Crippen LogP contribution in [0.15, 0.2) is 23.1 Å². The zero-order valence-electron chi connectivity index (χ0n) is 16.9. The van der Waals surface area contributed by atoms with E-state index in [0.29, 0.717) is 18.7 Å². The van der Waals surface area contributed by atoms with E-state index < -0.39 is 34.5 Å². The van der Waals surface area contributed by atoms with Crippen LogP contribution in [-0.4, -0.2) is 56.4 Å². The first kappa shape index (κ1) is 22.8. The molecule has 0 atom stereocenters. The molecule has 2 N–H and O–H groups in total. The quantitative estimate of drug-likeness (QED) is 0.667. The average Bonchev–Trinajstić information content (AvgIpc) is 2.66. The molecular formula is C19H27N3O6S. The lowest BCUT2D eigenvalue weighted by atomic mass is 10.1. The van der Waals surface area contributed by atoms with Gasteiger partial charge in [-0.2, -0.15) is 4.31 Å². The predicted octanol–water partition coefficient (Wildman–Crippen LogP) is 1.56. The van der Waals surface area contributed by atoms with Gasteiger partial charge < -0.3 is 10.1 Å². The Morgan fingerprint density at radius 3 is 2.41 bits per heavy atom. The molecule has 1 aliphatic heterocycles. The number of hydrogen-bond donors (Lipinski definition) is 2. The SMILES string of the molecule is Cc1ccc(S(=O)(=O)N2CCCCC2)cc1C(=O)OCC(=O)NC(=O)NC(C)C. The third-order valence-corrected chi connectivity index (χ3v) is 6.28. The summed E-state index contributed by atoms with van der Waals surface area (Å²) in [5.41, 5.74) is 0.577. The highest BCUT2D eigenvalue weighted by Crippen LogP contribution is 2.23. The van der Waals surface area contributed by atoms with Crippen molar-refractivity contribution in [3.63, 3.8) is 0 Å². The molecule has 1 heterocycles. The van der Waals surface area contributed by atoms with Gasteiger partial charge in [0.2, 0.25) is 10.0 Å². The van der Waals surface area contributed by atoms with Gasteiger partial charge in [-0.25, -0.2) is 18.0 Å². The summed E-state index contributed by atoms with van der Waals surface area (Å²) >= 11 is 0. The summed E-state index contributed by atoms with van der Waals surface area (Å²) < 4.78 is 32.0. The second-order valence-electron chi connectivity index (χ2n) is 7.19. The number of amides is 3. The van der Waals surface area contributed by atoms with Crippen LogP contribution < -0.4 is 10.6 Å². The largest absolute Gasteiger partial charge is 0.452 e. The molecule has 0 bridgehead atoms. The third-order valence-electron chi connectivity index (χ3n) is 4.39. The molecule has 1 aliphatic rings. The first-order valence-corrected chi connectivity index (χ1v) is 10.9. The number of urea groups is 1. The fourth-order valence-electron chi connectivity index (χ4n) is 2.91. The molecule has 3 amide bonds. The summed E-state index contributed by atoms with van der Waals surface area (Å²) in [5.74, 6) is -1.62. The second kappa shape index (κ2) is 9.84. The van der Waals surface area contributed by atoms with Gasteiger partial charge in [-0.05, 0) is 51.3 Å². The second-order valence-corrected chi connectivity index (χ2v) is 9.13. The zero-order chi connectivity index (χ0) is 21.6. The Kier molecular flexibility index (Phi) is 7.74. The number of aryl methyl sites for hydroxylation is 1. The van der Waals surface area contributed by atoms with Crippen molar-refractivity contribution in [1.82, 2.24) is 14.9 Å². The summed E-state index contributed by atoms with van der Waals surface area (Å²) in [6.07, 6.45) is 2.60. The highest BCUT2D eigenvalue weighted by Gasteiger charge is 2.27. The number of rotatable bonds is 6. The molecule has 0 radical (unpaired) electrons. The zero-order valence-corrected chi connectivity index (χ0v) is 17.7. The standard InChI is InChI=1S/C19H27N3O6S/c1-13(2)20-19(25)21-17(23)12-28-18(24)16-11-15(8-7-14(16)3)29(26,27)22-9-5-4-6-10-22/h7-8,11,13H,4-6,9-10,12H2,1-3H3,(H2,20,21,23,25). The lowest BCUT2D eigenvalue weighted by Crippen LogP contribution is -2.44. The number of piperidine rings is 1. The van der Waals surface area contributed by atoms with Crippen LogP contribution in [0.4, 0.5) is 4.79 Å². The number of esters is 1. The summed E-state index contributed by atoms with van der Waals surface area (Å²) in [4.78, 5) is 35.6. The number of hydrogen-bond acceptors (Lipinski definition) is 6. The van der Waals surface area contributed by atoms with Gasteiger partial charge in [0.05, 0.1) is 10.5 Å². The van der Waals surface area contributed by atoms with Crippen LogP contribution in [0.2, 0.25) is 0 Å². The van der Waals surface area contributed by atoms with Gasteiger partial charge in [0, 0.05) is 19.1 Å². The van der Waals surface area contributed by atoms with Gasteiger partial charge in [0.15, 0.2) is 6.61 Å². The molecule has 1 saturated heterocycles. The van der Waals surface area contributed by atoms with Crippen LogP contribution in [0.5, 0.6) is 0 Å². The van der Waals surface area contributed by atoms with Crippen LogP contribution in [-0.2, 0) is 19.6 Å². The molecule has 9 nitrogen and oxygen atoms in total. The van der Waals surface area contributed by atoms with E-state index in [1.165, 1.54) is 22.5 Å². The smallest absolute Gasteiger partial charge is 0.338 e. The molecule has 1 fully saturated rings. The van der Waals surface area contributed by atoms with Crippen molar-refractivity contribution in [3.05, 3.63) is 29.3 Å². The van der Waals surface area contributed by atoms with E-state index >= 15 is 0 Å². The fourth-order valence-corrected chi connectivity index (χ4v) is 4.45. The maximum absolute atomic E-state index is 12.8. The summed E-state index contributed by atoms with van der Waals surface area (Å²) in [7, 11) is -3.70. The Balaban J connectivity index is 2.06. The van der Waals surface area contributed by atoms with Crippen molar-refractivity contribution in [1.29, 1.82) is 0 Å². The van der Waals surface area contributed by atoms with Crippen LogP contribution in [0.3, 0.4) is 0 Å². The fraction of sp³-hybridized carbons (Fsp3) is 0.526. The average molecular weight is 426 g/mol. The molecule has 0 spiro atoms. The van der Waals surface area contributed by atoms with E-state index in [1.54, 1.807) is 20.8 Å². The first-order chi connectivity index (χ1) is 13.6. The molecule has 1 aromatic rings. The highest BCUT2D eigenvalue weighted by molar-refractivity contribution is 7.89. The van der Waals surface area contributed by atoms with E-state index in [4.69, 9.17) is 4.74 Å². The Labute approximate surface area is 170 Å². The number of imide groups is 1. The van der Waals surface area contributed by atoms with Crippen molar-refractivity contribution in [3.8, 4) is 0 Å². The van der Waals surface area contributed by atoms with Crippen LogP contribution in [0.1, 0.15) is 49.0 Å². The maximum Gasteiger partial charge on any atom is 0.338 e. The summed E-state index contributed by atoms with van der Waals surface area (Å²) in [5, 5.41) is 4.52. The van der Waals surface area contributed by atoms with Crippen molar-refractivity contribution in [2.24, 2.45) is 0 Å². The van der Waals surface area contributed by atoms with Gasteiger partial charge in [0.25, 0.3) is 5.91 Å². The molecule has 0 unspecified atom stereocenters. The molecule has 0 aromatic heterocycles. The molecule has 0 aliphatic carbocycles. The number of benzene rings is 1. The number of sulfonamides is 1. The summed E-state index contributed by atoms with van der Waals surface area (Å²) in [6.45, 7) is 5.36. The Bertz CT molecular complexity index is 876. The molecule has 160 valence electrons. The van der Waals surface area contributed by atoms with Gasteiger partial charge in [0.1, 0.15) is 0 Å². The predicted molar refractivity (Wildman–Crippen MR) is 106 cm³/mol. The maximum atomic E-state index is 12.8. The van der Waals surface area contributed by atoms with E-state index in [9.17, 15) is 22.8 Å². The van der Waals surface area contributed by atoms with Gasteiger partial charge in [-0.15, -0.1) is 0 Å². The Morgan fingerprint density at radius 2 is 1.79 bits per heavy atom. The minimum atomic E-state index is -3.70. The van der Waals surface area contributed by atoms with Gasteiger partial charge in [-0.3, -0.25) is 10.1 Å². The minimum Gasteiger partial charge on any atom is -0.452 e. The van der Waals surface area contributed by atoms with Crippen LogP contribution in [0.25, 0.3) is 0 Å². The molecule has 2 rings (SSSR count). The van der Waals surface area contributed by atoms with E-state index in [0.717, 1.165) is 19.3 Å². The minimum absolute atomic E-state index is 0.0118. The number of nitrogens with zero attached hydrogens (tertiary/aromatic N) is 1. The van der Waals surface area contributed by atoms with Crippen LogP contribution >= 0.6 is 0 Å². The van der Waals surface area contributed by atoms with E-state index in [1.807, 2.05) is 5.32 Å². The van der Waals surface area contributed by atoms with Crippen molar-refractivity contribution < 1.29 is 27.5 Å². The highest BCUT2D eigenvalue weighted by atomic mass is 32.2. The molecule has 29 heavy (non-hydrogen) atoms.